The average molecular weight is 315 g/mol. The van der Waals surface area contributed by atoms with Gasteiger partial charge in [-0.2, -0.15) is 5.10 Å². The molecule has 2 aromatic rings. The minimum absolute atomic E-state index is 0.108. The fourth-order valence-electron chi connectivity index (χ4n) is 2.71. The Morgan fingerprint density at radius 2 is 1.91 bits per heavy atom. The minimum Gasteiger partial charge on any atom is -0.495 e. The number of hydrogen-bond acceptors (Lipinski definition) is 4. The summed E-state index contributed by atoms with van der Waals surface area (Å²) in [6.07, 6.45) is 1.80. The lowest BCUT2D eigenvalue weighted by atomic mass is 10.2. The topological polar surface area (TPSA) is 62.6 Å². The van der Waals surface area contributed by atoms with Crippen molar-refractivity contribution in [3.8, 4) is 5.75 Å². The highest BCUT2D eigenvalue weighted by atomic mass is 16.5. The van der Waals surface area contributed by atoms with Gasteiger partial charge in [0.1, 0.15) is 5.75 Å². The number of hydrogen-bond donors (Lipinski definition) is 1. The maximum atomic E-state index is 12.3. The third-order valence-electron chi connectivity index (χ3n) is 3.94. The number of piperazine rings is 1. The van der Waals surface area contributed by atoms with Gasteiger partial charge in [-0.1, -0.05) is 12.1 Å². The first-order valence-electron chi connectivity index (χ1n) is 7.61. The van der Waals surface area contributed by atoms with Crippen molar-refractivity contribution in [2.24, 2.45) is 7.05 Å². The van der Waals surface area contributed by atoms with Crippen molar-refractivity contribution in [2.45, 2.75) is 0 Å². The summed E-state index contributed by atoms with van der Waals surface area (Å²) in [6.45, 7) is 2.87. The molecule has 7 heteroatoms. The molecule has 7 nitrogen and oxygen atoms in total. The molecule has 1 N–H and O–H groups in total. The largest absolute Gasteiger partial charge is 0.495 e. The highest BCUT2D eigenvalue weighted by Crippen LogP contribution is 2.28. The number of nitrogens with zero attached hydrogens (tertiary/aromatic N) is 4. The molecular formula is C16H21N5O2. The van der Waals surface area contributed by atoms with E-state index in [1.165, 1.54) is 0 Å². The van der Waals surface area contributed by atoms with Crippen molar-refractivity contribution >= 4 is 17.5 Å². The fourth-order valence-corrected chi connectivity index (χ4v) is 2.71. The number of aromatic nitrogens is 2. The van der Waals surface area contributed by atoms with Crippen molar-refractivity contribution in [3.05, 3.63) is 36.5 Å². The summed E-state index contributed by atoms with van der Waals surface area (Å²) in [5, 5.41) is 6.98. The zero-order valence-corrected chi connectivity index (χ0v) is 13.4. The minimum atomic E-state index is -0.108. The number of anilines is 2. The first kappa shape index (κ1) is 15.2. The third kappa shape index (κ3) is 3.39. The lowest BCUT2D eigenvalue weighted by Crippen LogP contribution is -2.50. The van der Waals surface area contributed by atoms with Gasteiger partial charge in [-0.15, -0.1) is 0 Å². The molecule has 1 saturated heterocycles. The van der Waals surface area contributed by atoms with Crippen molar-refractivity contribution in [2.75, 3.05) is 43.5 Å². The second-order valence-corrected chi connectivity index (χ2v) is 5.45. The number of methoxy groups -OCH3 is 1. The van der Waals surface area contributed by atoms with E-state index in [4.69, 9.17) is 4.74 Å². The van der Waals surface area contributed by atoms with Gasteiger partial charge in [0.15, 0.2) is 5.82 Å². The van der Waals surface area contributed by atoms with Crippen LogP contribution in [-0.4, -0.2) is 54.0 Å². The molecule has 0 atom stereocenters. The van der Waals surface area contributed by atoms with Crippen LogP contribution in [0.3, 0.4) is 0 Å². The number of aryl methyl sites for hydroxylation is 1. The molecule has 1 aromatic carbocycles. The number of amides is 2. The predicted octanol–water partition coefficient (Wildman–Crippen LogP) is 1.78. The lowest BCUT2D eigenvalue weighted by Gasteiger charge is -2.36. The number of rotatable bonds is 3. The quantitative estimate of drug-likeness (QED) is 0.938. The average Bonchev–Trinajstić information content (AvgIpc) is 3.00. The molecule has 23 heavy (non-hydrogen) atoms. The normalized spacial score (nSPS) is 14.7. The zero-order chi connectivity index (χ0) is 16.2. The molecule has 2 amide bonds. The number of urea groups is 1. The molecule has 1 fully saturated rings. The standard InChI is InChI=1S/C16H21N5O2/c1-19-8-7-15(18-19)17-16(22)21-11-9-20(10-12-21)13-5-3-4-6-14(13)23-2/h3-8H,9-12H2,1-2H3,(H,17,18,22). The van der Waals surface area contributed by atoms with Gasteiger partial charge in [0, 0.05) is 45.5 Å². The van der Waals surface area contributed by atoms with Crippen LogP contribution in [0.1, 0.15) is 0 Å². The van der Waals surface area contributed by atoms with E-state index in [1.54, 1.807) is 29.0 Å². The highest BCUT2D eigenvalue weighted by molar-refractivity contribution is 5.88. The van der Waals surface area contributed by atoms with Gasteiger partial charge in [-0.25, -0.2) is 4.79 Å². The molecule has 0 aliphatic carbocycles. The van der Waals surface area contributed by atoms with E-state index in [0.29, 0.717) is 18.9 Å². The Balaban J connectivity index is 1.58. The van der Waals surface area contributed by atoms with Crippen LogP contribution in [0.4, 0.5) is 16.3 Å². The van der Waals surface area contributed by atoms with E-state index in [1.807, 2.05) is 31.3 Å². The fraction of sp³-hybridized carbons (Fsp3) is 0.375. The Morgan fingerprint density at radius 3 is 2.57 bits per heavy atom. The van der Waals surface area contributed by atoms with E-state index in [2.05, 4.69) is 15.3 Å². The van der Waals surface area contributed by atoms with Crippen LogP contribution in [0, 0.1) is 0 Å². The second kappa shape index (κ2) is 6.60. The van der Waals surface area contributed by atoms with Crippen LogP contribution in [0.25, 0.3) is 0 Å². The SMILES string of the molecule is COc1ccccc1N1CCN(C(=O)Nc2ccn(C)n2)CC1. The van der Waals surface area contributed by atoms with E-state index in [-0.39, 0.29) is 6.03 Å². The molecule has 3 rings (SSSR count). The van der Waals surface area contributed by atoms with Crippen molar-refractivity contribution < 1.29 is 9.53 Å². The van der Waals surface area contributed by atoms with E-state index >= 15 is 0 Å². The van der Waals surface area contributed by atoms with Gasteiger partial charge >= 0.3 is 6.03 Å². The van der Waals surface area contributed by atoms with Gasteiger partial charge < -0.3 is 14.5 Å². The van der Waals surface area contributed by atoms with Gasteiger partial charge in [0.25, 0.3) is 0 Å². The first-order chi connectivity index (χ1) is 11.2. The Morgan fingerprint density at radius 1 is 1.17 bits per heavy atom. The molecule has 0 spiro atoms. The summed E-state index contributed by atoms with van der Waals surface area (Å²) in [5.74, 6) is 1.43. The molecule has 1 aromatic heterocycles. The number of carbonyl (C=O) groups excluding carboxylic acids is 1. The molecule has 1 aliphatic rings. The maximum absolute atomic E-state index is 12.3. The third-order valence-corrected chi connectivity index (χ3v) is 3.94. The van der Waals surface area contributed by atoms with Gasteiger partial charge in [0.2, 0.25) is 0 Å². The predicted molar refractivity (Wildman–Crippen MR) is 89.0 cm³/mol. The molecule has 1 aliphatic heterocycles. The van der Waals surface area contributed by atoms with E-state index < -0.39 is 0 Å². The van der Waals surface area contributed by atoms with Crippen LogP contribution in [-0.2, 0) is 7.05 Å². The van der Waals surface area contributed by atoms with E-state index in [9.17, 15) is 4.79 Å². The van der Waals surface area contributed by atoms with Crippen LogP contribution >= 0.6 is 0 Å². The summed E-state index contributed by atoms with van der Waals surface area (Å²) >= 11 is 0. The van der Waals surface area contributed by atoms with Gasteiger partial charge in [-0.05, 0) is 12.1 Å². The molecule has 0 bridgehead atoms. The Hall–Kier alpha value is -2.70. The van der Waals surface area contributed by atoms with Crippen molar-refractivity contribution in [1.82, 2.24) is 14.7 Å². The summed E-state index contributed by atoms with van der Waals surface area (Å²) in [5.41, 5.74) is 1.07. The molecule has 0 saturated carbocycles. The Labute approximate surface area is 135 Å². The number of carbonyl (C=O) groups is 1. The molecule has 0 unspecified atom stereocenters. The van der Waals surface area contributed by atoms with Crippen LogP contribution < -0.4 is 15.0 Å². The number of nitrogens with one attached hydrogen (secondary N) is 1. The van der Waals surface area contributed by atoms with Gasteiger partial charge in [0.05, 0.1) is 12.8 Å². The first-order valence-corrected chi connectivity index (χ1v) is 7.61. The van der Waals surface area contributed by atoms with E-state index in [0.717, 1.165) is 24.5 Å². The summed E-state index contributed by atoms with van der Waals surface area (Å²) < 4.78 is 7.07. The Bertz CT molecular complexity index is 677. The number of para-hydroxylation sites is 2. The number of ether oxygens (including phenoxy) is 1. The summed E-state index contributed by atoms with van der Waals surface area (Å²) in [4.78, 5) is 16.3. The van der Waals surface area contributed by atoms with Gasteiger partial charge in [-0.3, -0.25) is 10.00 Å². The van der Waals surface area contributed by atoms with Crippen molar-refractivity contribution in [1.29, 1.82) is 0 Å². The zero-order valence-electron chi connectivity index (χ0n) is 13.4. The lowest BCUT2D eigenvalue weighted by molar-refractivity contribution is 0.208. The smallest absolute Gasteiger partial charge is 0.323 e. The van der Waals surface area contributed by atoms with Crippen LogP contribution in [0.2, 0.25) is 0 Å². The second-order valence-electron chi connectivity index (χ2n) is 5.45. The molecule has 2 heterocycles. The molecular weight excluding hydrogens is 294 g/mol. The number of benzene rings is 1. The monoisotopic (exact) mass is 315 g/mol. The van der Waals surface area contributed by atoms with Crippen LogP contribution in [0.5, 0.6) is 5.75 Å². The summed E-state index contributed by atoms with van der Waals surface area (Å²) in [7, 11) is 3.50. The molecule has 122 valence electrons. The van der Waals surface area contributed by atoms with Crippen LogP contribution in [0.15, 0.2) is 36.5 Å². The maximum Gasteiger partial charge on any atom is 0.323 e. The highest BCUT2D eigenvalue weighted by Gasteiger charge is 2.23. The molecule has 0 radical (unpaired) electrons. The van der Waals surface area contributed by atoms with Crippen molar-refractivity contribution in [3.63, 3.8) is 0 Å². The Kier molecular flexibility index (Phi) is 4.36. The summed E-state index contributed by atoms with van der Waals surface area (Å²) in [6, 6.07) is 9.63.